The second-order valence-corrected chi connectivity index (χ2v) is 9.70. The minimum absolute atomic E-state index is 0.392. The van der Waals surface area contributed by atoms with Crippen LogP contribution in [0.3, 0.4) is 0 Å². The van der Waals surface area contributed by atoms with Crippen molar-refractivity contribution in [2.24, 2.45) is 0 Å². The van der Waals surface area contributed by atoms with E-state index in [1.165, 1.54) is 16.8 Å². The molecule has 0 fully saturated rings. The summed E-state index contributed by atoms with van der Waals surface area (Å²) in [6.07, 6.45) is 2.59. The number of H-pyrrole nitrogens is 1. The fraction of sp³-hybridized carbons (Fsp3) is 0.323. The Kier molecular flexibility index (Phi) is 8.65. The fourth-order valence-electron chi connectivity index (χ4n) is 5.30. The first-order valence-electron chi connectivity index (χ1n) is 13.5. The highest BCUT2D eigenvalue weighted by atomic mass is 16.7. The summed E-state index contributed by atoms with van der Waals surface area (Å²) in [6, 6.07) is 27.5. The third-order valence-electron chi connectivity index (χ3n) is 7.16. The van der Waals surface area contributed by atoms with Crippen LogP contribution >= 0.6 is 0 Å². The van der Waals surface area contributed by atoms with Gasteiger partial charge in [0.05, 0.1) is 12.4 Å². The van der Waals surface area contributed by atoms with E-state index in [-0.39, 0.29) is 0 Å². The number of hydrogen-bond donors (Lipinski definition) is 1. The van der Waals surface area contributed by atoms with Crippen LogP contribution in [-0.2, 0) is 22.4 Å². The van der Waals surface area contributed by atoms with Crippen molar-refractivity contribution in [3.63, 3.8) is 0 Å². The first kappa shape index (κ1) is 26.6. The summed E-state index contributed by atoms with van der Waals surface area (Å²) < 4.78 is 11.6. The summed E-state index contributed by atoms with van der Waals surface area (Å²) in [5.41, 5.74) is 8.17. The highest BCUT2D eigenvalue weighted by Crippen LogP contribution is 2.34. The minimum atomic E-state index is -0.392. The zero-order valence-corrected chi connectivity index (χ0v) is 22.9. The molecule has 39 heavy (non-hydrogen) atoms. The summed E-state index contributed by atoms with van der Waals surface area (Å²) in [6.45, 7) is 4.74. The van der Waals surface area contributed by atoms with E-state index in [1.54, 1.807) is 14.2 Å². The molecule has 5 rings (SSSR count). The first-order valence-corrected chi connectivity index (χ1v) is 13.5. The van der Waals surface area contributed by atoms with Gasteiger partial charge in [-0.2, -0.15) is 5.21 Å². The Bertz CT molecular complexity index is 1350. The molecule has 202 valence electrons. The molecule has 1 aliphatic rings. The number of allylic oxidation sites excluding steroid dienone is 1. The topological polar surface area (TPSA) is 79.4 Å². The largest absolute Gasteiger partial charge is 0.351 e. The van der Waals surface area contributed by atoms with E-state index < -0.39 is 6.29 Å². The zero-order valence-electron chi connectivity index (χ0n) is 22.9. The van der Waals surface area contributed by atoms with Crippen molar-refractivity contribution < 1.29 is 9.47 Å². The number of nitrogens with one attached hydrogen (secondary N) is 1. The van der Waals surface area contributed by atoms with Gasteiger partial charge < -0.3 is 19.3 Å². The van der Waals surface area contributed by atoms with Crippen molar-refractivity contribution in [2.45, 2.75) is 39.0 Å². The van der Waals surface area contributed by atoms with E-state index in [2.05, 4.69) is 98.0 Å². The first-order chi connectivity index (χ1) is 19.2. The maximum absolute atomic E-state index is 5.78. The number of nitrogens with zero attached hydrogens (tertiary/aromatic N) is 5. The number of aromatic amines is 1. The highest BCUT2D eigenvalue weighted by molar-refractivity contribution is 5.80. The molecule has 8 heteroatoms. The molecule has 1 N–H and O–H groups in total. The number of ether oxygens (including phenoxy) is 2. The second-order valence-electron chi connectivity index (χ2n) is 9.70. The standard InChI is InChI=1S/C31H36N6O2/c1-4-10-28-29(31(38-2)39-3)36(20-19-23-11-6-5-7-12-23)22-37(28)21-24-15-17-25(18-16-24)26-13-8-9-14-27(26)30-32-34-35-33-30/h5-9,11-18,31H,4,10,19-22H2,1-3H3,(H,32,33,34,35). The van der Waals surface area contributed by atoms with Crippen LogP contribution in [0.15, 0.2) is 90.3 Å². The zero-order chi connectivity index (χ0) is 27.0. The smallest absolute Gasteiger partial charge is 0.205 e. The van der Waals surface area contributed by atoms with Crippen LogP contribution in [0, 0.1) is 0 Å². The van der Waals surface area contributed by atoms with Gasteiger partial charge in [0.1, 0.15) is 0 Å². The molecular weight excluding hydrogens is 488 g/mol. The van der Waals surface area contributed by atoms with Crippen molar-refractivity contribution in [3.05, 3.63) is 101 Å². The predicted molar refractivity (Wildman–Crippen MR) is 152 cm³/mol. The lowest BCUT2D eigenvalue weighted by atomic mass is 9.98. The molecule has 0 unspecified atom stereocenters. The van der Waals surface area contributed by atoms with Crippen LogP contribution in [-0.4, -0.2) is 64.1 Å². The summed E-state index contributed by atoms with van der Waals surface area (Å²) in [5, 5.41) is 14.6. The molecule has 0 bridgehead atoms. The third-order valence-corrected chi connectivity index (χ3v) is 7.16. The van der Waals surface area contributed by atoms with Crippen LogP contribution < -0.4 is 0 Å². The van der Waals surface area contributed by atoms with Gasteiger partial charge in [0, 0.05) is 38.6 Å². The van der Waals surface area contributed by atoms with Crippen LogP contribution in [0.5, 0.6) is 0 Å². The number of hydrogen-bond acceptors (Lipinski definition) is 7. The SMILES string of the molecule is CCCC1=C(C(OC)OC)N(CCc2ccccc2)CN1Cc1ccc(-c2ccccc2-c2nn[nH]n2)cc1. The van der Waals surface area contributed by atoms with Crippen molar-refractivity contribution in [3.8, 4) is 22.5 Å². The number of benzene rings is 3. The van der Waals surface area contributed by atoms with Crippen molar-refractivity contribution in [1.29, 1.82) is 0 Å². The lowest BCUT2D eigenvalue weighted by Gasteiger charge is -2.27. The van der Waals surface area contributed by atoms with Gasteiger partial charge in [-0.1, -0.05) is 92.2 Å². The van der Waals surface area contributed by atoms with E-state index in [4.69, 9.17) is 9.47 Å². The molecule has 0 amide bonds. The highest BCUT2D eigenvalue weighted by Gasteiger charge is 2.33. The Morgan fingerprint density at radius 1 is 0.821 bits per heavy atom. The lowest BCUT2D eigenvalue weighted by Crippen LogP contribution is -2.33. The van der Waals surface area contributed by atoms with Gasteiger partial charge in [0.15, 0.2) is 6.29 Å². The Balaban J connectivity index is 1.38. The monoisotopic (exact) mass is 524 g/mol. The predicted octanol–water partition coefficient (Wildman–Crippen LogP) is 5.48. The average molecular weight is 525 g/mol. The molecule has 1 aliphatic heterocycles. The quantitative estimate of drug-likeness (QED) is 0.246. The van der Waals surface area contributed by atoms with Crippen LogP contribution in [0.25, 0.3) is 22.5 Å². The third kappa shape index (κ3) is 6.02. The molecule has 0 spiro atoms. The van der Waals surface area contributed by atoms with Crippen molar-refractivity contribution in [1.82, 2.24) is 30.4 Å². The molecule has 2 heterocycles. The molecule has 0 saturated carbocycles. The average Bonchev–Trinajstić information content (AvgIpc) is 3.63. The van der Waals surface area contributed by atoms with E-state index in [0.29, 0.717) is 5.82 Å². The number of rotatable bonds is 12. The van der Waals surface area contributed by atoms with E-state index in [1.807, 2.05) is 18.2 Å². The number of methoxy groups -OCH3 is 2. The fourth-order valence-corrected chi connectivity index (χ4v) is 5.30. The van der Waals surface area contributed by atoms with E-state index in [9.17, 15) is 0 Å². The van der Waals surface area contributed by atoms with E-state index >= 15 is 0 Å². The van der Waals surface area contributed by atoms with Crippen LogP contribution in [0.2, 0.25) is 0 Å². The maximum atomic E-state index is 5.78. The maximum Gasteiger partial charge on any atom is 0.205 e. The molecule has 4 aromatic rings. The van der Waals surface area contributed by atoms with Crippen molar-refractivity contribution >= 4 is 0 Å². The summed E-state index contributed by atoms with van der Waals surface area (Å²) in [5.74, 6) is 0.593. The Hall–Kier alpha value is -4.01. The molecule has 0 atom stereocenters. The summed E-state index contributed by atoms with van der Waals surface area (Å²) >= 11 is 0. The normalized spacial score (nSPS) is 13.6. The molecule has 3 aromatic carbocycles. The molecule has 1 aromatic heterocycles. The van der Waals surface area contributed by atoms with Crippen molar-refractivity contribution in [2.75, 3.05) is 27.4 Å². The van der Waals surface area contributed by atoms with Crippen LogP contribution in [0.1, 0.15) is 30.9 Å². The number of tetrazole rings is 1. The summed E-state index contributed by atoms with van der Waals surface area (Å²) in [4.78, 5) is 4.89. The van der Waals surface area contributed by atoms with E-state index in [0.717, 1.165) is 61.4 Å². The molecular formula is C31H36N6O2. The second kappa shape index (κ2) is 12.7. The van der Waals surface area contributed by atoms with Gasteiger partial charge in [-0.25, -0.2) is 0 Å². The Morgan fingerprint density at radius 3 is 2.21 bits per heavy atom. The van der Waals surface area contributed by atoms with Gasteiger partial charge in [0.2, 0.25) is 5.82 Å². The van der Waals surface area contributed by atoms with Gasteiger partial charge in [-0.3, -0.25) is 0 Å². The lowest BCUT2D eigenvalue weighted by molar-refractivity contribution is -0.0884. The number of aromatic nitrogens is 4. The van der Waals surface area contributed by atoms with Gasteiger partial charge in [-0.05, 0) is 40.3 Å². The van der Waals surface area contributed by atoms with Crippen LogP contribution in [0.4, 0.5) is 0 Å². The van der Waals surface area contributed by atoms with Gasteiger partial charge in [0.25, 0.3) is 0 Å². The molecule has 8 nitrogen and oxygen atoms in total. The van der Waals surface area contributed by atoms with Gasteiger partial charge >= 0.3 is 0 Å². The molecule has 0 radical (unpaired) electrons. The molecule has 0 aliphatic carbocycles. The Labute approximate surface area is 230 Å². The Morgan fingerprint density at radius 2 is 1.54 bits per heavy atom. The summed E-state index contributed by atoms with van der Waals surface area (Å²) in [7, 11) is 3.43. The molecule has 0 saturated heterocycles. The minimum Gasteiger partial charge on any atom is -0.351 e. The van der Waals surface area contributed by atoms with Gasteiger partial charge in [-0.15, -0.1) is 10.2 Å².